The predicted molar refractivity (Wildman–Crippen MR) is 71.9 cm³/mol. The summed E-state index contributed by atoms with van der Waals surface area (Å²) in [5.41, 5.74) is 0.320. The van der Waals surface area contributed by atoms with Crippen LogP contribution in [0.3, 0.4) is 0 Å². The number of nitrogens with zero attached hydrogens (tertiary/aromatic N) is 1. The lowest BCUT2D eigenvalue weighted by Crippen LogP contribution is -2.27. The van der Waals surface area contributed by atoms with Gasteiger partial charge in [0.2, 0.25) is 0 Å². The number of benzene rings is 1. The van der Waals surface area contributed by atoms with Gasteiger partial charge in [-0.1, -0.05) is 12.1 Å². The summed E-state index contributed by atoms with van der Waals surface area (Å²) in [4.78, 5) is 35.9. The van der Waals surface area contributed by atoms with Crippen LogP contribution in [0.15, 0.2) is 46.1 Å². The Kier molecular flexibility index (Phi) is 3.99. The number of aromatic amines is 1. The van der Waals surface area contributed by atoms with Crippen molar-refractivity contribution in [2.45, 2.75) is 6.61 Å². The topological polar surface area (TPSA) is 93.2 Å². The summed E-state index contributed by atoms with van der Waals surface area (Å²) in [6.07, 6.45) is 0.858. The van der Waals surface area contributed by atoms with Gasteiger partial charge in [0, 0.05) is 19.3 Å². The van der Waals surface area contributed by atoms with Crippen LogP contribution in [0.2, 0.25) is 0 Å². The van der Waals surface area contributed by atoms with E-state index in [-0.39, 0.29) is 6.61 Å². The quantitative estimate of drug-likeness (QED) is 0.847. The molecule has 0 aliphatic rings. The van der Waals surface area contributed by atoms with E-state index in [2.05, 4.69) is 10.3 Å². The first-order valence-corrected chi connectivity index (χ1v) is 5.86. The van der Waals surface area contributed by atoms with E-state index < -0.39 is 17.3 Å². The lowest BCUT2D eigenvalue weighted by atomic mass is 10.2. The molecule has 2 rings (SSSR count). The number of hydrogen-bond acceptors (Lipinski definition) is 4. The zero-order chi connectivity index (χ0) is 14.5. The van der Waals surface area contributed by atoms with Crippen LogP contribution in [0.25, 0.3) is 5.69 Å². The Morgan fingerprint density at radius 3 is 2.85 bits per heavy atom. The van der Waals surface area contributed by atoms with Crippen LogP contribution in [-0.4, -0.2) is 22.7 Å². The van der Waals surface area contributed by atoms with E-state index in [0.717, 1.165) is 5.56 Å². The Hall–Kier alpha value is -2.83. The van der Waals surface area contributed by atoms with Crippen LogP contribution in [0.5, 0.6) is 0 Å². The van der Waals surface area contributed by atoms with Crippen molar-refractivity contribution in [3.05, 3.63) is 62.9 Å². The van der Waals surface area contributed by atoms with Gasteiger partial charge in [0.25, 0.3) is 5.56 Å². The molecule has 0 unspecified atom stereocenters. The number of amides is 1. The van der Waals surface area contributed by atoms with Crippen molar-refractivity contribution < 1.29 is 9.53 Å². The fraction of sp³-hybridized carbons (Fsp3) is 0.154. The minimum atomic E-state index is -0.531. The lowest BCUT2D eigenvalue weighted by molar-refractivity contribution is 0.142. The maximum absolute atomic E-state index is 11.7. The van der Waals surface area contributed by atoms with Crippen LogP contribution in [0.1, 0.15) is 5.56 Å². The molecule has 0 radical (unpaired) electrons. The van der Waals surface area contributed by atoms with Crippen LogP contribution in [0, 0.1) is 0 Å². The highest BCUT2D eigenvalue weighted by atomic mass is 16.5. The van der Waals surface area contributed by atoms with E-state index in [1.165, 1.54) is 23.9 Å². The molecule has 2 aromatic rings. The highest BCUT2D eigenvalue weighted by molar-refractivity contribution is 5.66. The van der Waals surface area contributed by atoms with Crippen molar-refractivity contribution in [2.24, 2.45) is 0 Å². The summed E-state index contributed by atoms with van der Waals surface area (Å²) in [7, 11) is 1.47. The van der Waals surface area contributed by atoms with E-state index in [4.69, 9.17) is 4.74 Å². The van der Waals surface area contributed by atoms with Crippen molar-refractivity contribution in [3.63, 3.8) is 0 Å². The Morgan fingerprint density at radius 1 is 1.35 bits per heavy atom. The van der Waals surface area contributed by atoms with E-state index in [1.807, 2.05) is 0 Å². The number of nitrogens with one attached hydrogen (secondary N) is 2. The number of ether oxygens (including phenoxy) is 1. The third-order valence-corrected chi connectivity index (χ3v) is 2.59. The van der Waals surface area contributed by atoms with Gasteiger partial charge in [-0.3, -0.25) is 14.3 Å². The van der Waals surface area contributed by atoms with Crippen LogP contribution < -0.4 is 16.6 Å². The molecule has 7 heteroatoms. The Morgan fingerprint density at radius 2 is 2.15 bits per heavy atom. The van der Waals surface area contributed by atoms with Crippen molar-refractivity contribution in [1.82, 2.24) is 14.9 Å². The first-order valence-electron chi connectivity index (χ1n) is 5.86. The van der Waals surface area contributed by atoms with Gasteiger partial charge < -0.3 is 10.1 Å². The molecule has 0 aliphatic carbocycles. The number of carbonyl (C=O) groups excluding carboxylic acids is 1. The molecule has 1 aromatic carbocycles. The largest absolute Gasteiger partial charge is 0.445 e. The second-order valence-electron chi connectivity index (χ2n) is 3.98. The Labute approximate surface area is 113 Å². The predicted octanol–water partition coefficient (Wildman–Crippen LogP) is 0.382. The molecule has 0 atom stereocenters. The van der Waals surface area contributed by atoms with Gasteiger partial charge in [-0.2, -0.15) is 0 Å². The second-order valence-corrected chi connectivity index (χ2v) is 3.98. The third kappa shape index (κ3) is 3.14. The summed E-state index contributed by atoms with van der Waals surface area (Å²) in [6.45, 7) is 0.0889. The number of H-pyrrole nitrogens is 1. The van der Waals surface area contributed by atoms with Crippen molar-refractivity contribution >= 4 is 6.09 Å². The van der Waals surface area contributed by atoms with Gasteiger partial charge in [0.1, 0.15) is 6.61 Å². The molecule has 0 saturated heterocycles. The molecular formula is C13H13N3O4. The molecule has 7 nitrogen and oxygen atoms in total. The standard InChI is InChI=1S/C13H13N3O4/c1-14-13(19)20-8-9-3-2-4-10(7-9)16-6-5-11(17)15-12(16)18/h2-7H,8H2,1H3,(H,14,19)(H,15,17,18). The molecule has 0 saturated carbocycles. The molecule has 0 spiro atoms. The maximum Gasteiger partial charge on any atom is 0.407 e. The minimum absolute atomic E-state index is 0.0889. The Balaban J connectivity index is 2.27. The van der Waals surface area contributed by atoms with Gasteiger partial charge in [0.15, 0.2) is 0 Å². The maximum atomic E-state index is 11.7. The first-order chi connectivity index (χ1) is 9.60. The zero-order valence-corrected chi connectivity index (χ0v) is 10.8. The molecule has 104 valence electrons. The zero-order valence-electron chi connectivity index (χ0n) is 10.8. The highest BCUT2D eigenvalue weighted by Gasteiger charge is 2.03. The van der Waals surface area contributed by atoms with Gasteiger partial charge in [-0.15, -0.1) is 0 Å². The molecule has 0 bridgehead atoms. The highest BCUT2D eigenvalue weighted by Crippen LogP contribution is 2.09. The van der Waals surface area contributed by atoms with Gasteiger partial charge in [-0.25, -0.2) is 9.59 Å². The molecule has 2 N–H and O–H groups in total. The van der Waals surface area contributed by atoms with Crippen LogP contribution in [0.4, 0.5) is 4.79 Å². The molecular weight excluding hydrogens is 262 g/mol. The molecule has 1 aromatic heterocycles. The number of aromatic nitrogens is 2. The third-order valence-electron chi connectivity index (χ3n) is 2.59. The average molecular weight is 275 g/mol. The van der Waals surface area contributed by atoms with Crippen LogP contribution >= 0.6 is 0 Å². The van der Waals surface area contributed by atoms with Gasteiger partial charge in [0.05, 0.1) is 5.69 Å². The van der Waals surface area contributed by atoms with E-state index in [0.29, 0.717) is 5.69 Å². The fourth-order valence-corrected chi connectivity index (χ4v) is 1.64. The summed E-state index contributed by atoms with van der Waals surface area (Å²) < 4.78 is 6.22. The normalized spacial score (nSPS) is 10.1. The molecule has 1 heterocycles. The summed E-state index contributed by atoms with van der Waals surface area (Å²) in [5.74, 6) is 0. The smallest absolute Gasteiger partial charge is 0.407 e. The minimum Gasteiger partial charge on any atom is -0.445 e. The molecule has 0 aliphatic heterocycles. The van der Waals surface area contributed by atoms with E-state index in [9.17, 15) is 14.4 Å². The van der Waals surface area contributed by atoms with Crippen molar-refractivity contribution in [2.75, 3.05) is 7.05 Å². The number of carbonyl (C=O) groups is 1. The fourth-order valence-electron chi connectivity index (χ4n) is 1.64. The second kappa shape index (κ2) is 5.87. The molecule has 20 heavy (non-hydrogen) atoms. The summed E-state index contributed by atoms with van der Waals surface area (Å²) >= 11 is 0. The average Bonchev–Trinajstić information content (AvgIpc) is 2.45. The number of hydrogen-bond donors (Lipinski definition) is 2. The van der Waals surface area contributed by atoms with E-state index >= 15 is 0 Å². The summed E-state index contributed by atoms with van der Waals surface area (Å²) in [6, 6.07) is 8.17. The monoisotopic (exact) mass is 275 g/mol. The first kappa shape index (κ1) is 13.6. The summed E-state index contributed by atoms with van der Waals surface area (Å²) in [5, 5.41) is 2.34. The van der Waals surface area contributed by atoms with E-state index in [1.54, 1.807) is 24.3 Å². The number of alkyl carbamates (subject to hydrolysis) is 1. The molecule has 1 amide bonds. The van der Waals surface area contributed by atoms with Crippen molar-refractivity contribution in [1.29, 1.82) is 0 Å². The lowest BCUT2D eigenvalue weighted by Gasteiger charge is -2.08. The van der Waals surface area contributed by atoms with Crippen molar-refractivity contribution in [3.8, 4) is 5.69 Å². The number of rotatable bonds is 3. The van der Waals surface area contributed by atoms with Gasteiger partial charge in [-0.05, 0) is 17.7 Å². The molecule has 0 fully saturated rings. The Bertz CT molecular complexity index is 733. The van der Waals surface area contributed by atoms with Crippen LogP contribution in [-0.2, 0) is 11.3 Å². The van der Waals surface area contributed by atoms with Gasteiger partial charge >= 0.3 is 11.8 Å². The SMILES string of the molecule is CNC(=O)OCc1cccc(-n2ccc(=O)[nH]c2=O)c1.